The third-order valence-corrected chi connectivity index (χ3v) is 2.74. The molecule has 0 radical (unpaired) electrons. The summed E-state index contributed by atoms with van der Waals surface area (Å²) in [6.45, 7) is 3.35. The number of imidazole rings is 1. The number of rotatable bonds is 4. The topological polar surface area (TPSA) is 29.9 Å². The van der Waals surface area contributed by atoms with Gasteiger partial charge in [0.2, 0.25) is 0 Å². The summed E-state index contributed by atoms with van der Waals surface area (Å²) in [5, 5.41) is 3.50. The van der Waals surface area contributed by atoms with Crippen LogP contribution >= 0.6 is 11.6 Å². The van der Waals surface area contributed by atoms with E-state index in [-0.39, 0.29) is 5.82 Å². The molecule has 0 aliphatic heterocycles. The molecule has 5 heteroatoms. The number of hydrogen-bond donors (Lipinski definition) is 1. The van der Waals surface area contributed by atoms with Crippen LogP contribution < -0.4 is 5.32 Å². The van der Waals surface area contributed by atoms with E-state index in [0.29, 0.717) is 17.3 Å². The molecule has 90 valence electrons. The van der Waals surface area contributed by atoms with Crippen LogP contribution in [0.1, 0.15) is 12.7 Å². The lowest BCUT2D eigenvalue weighted by molar-refractivity contribution is 0.628. The first kappa shape index (κ1) is 11.9. The van der Waals surface area contributed by atoms with Crippen molar-refractivity contribution in [2.75, 3.05) is 5.32 Å². The van der Waals surface area contributed by atoms with E-state index in [0.717, 1.165) is 12.4 Å². The minimum Gasteiger partial charge on any atom is -0.375 e. The molecule has 1 aromatic carbocycles. The number of anilines is 1. The molecule has 0 atom stereocenters. The molecule has 0 aliphatic carbocycles. The summed E-state index contributed by atoms with van der Waals surface area (Å²) in [7, 11) is 0. The number of nitrogens with zero attached hydrogens (tertiary/aromatic N) is 2. The first-order valence-corrected chi connectivity index (χ1v) is 5.77. The van der Waals surface area contributed by atoms with Crippen LogP contribution in [0, 0.1) is 5.82 Å². The minimum absolute atomic E-state index is 0.316. The van der Waals surface area contributed by atoms with Crippen molar-refractivity contribution in [2.45, 2.75) is 20.0 Å². The molecule has 0 amide bonds. The lowest BCUT2D eigenvalue weighted by Gasteiger charge is -2.09. The molecule has 1 heterocycles. The Morgan fingerprint density at radius 3 is 3.06 bits per heavy atom. The molecule has 0 unspecified atom stereocenters. The van der Waals surface area contributed by atoms with Crippen LogP contribution in [0.25, 0.3) is 0 Å². The molecular weight excluding hydrogens is 241 g/mol. The van der Waals surface area contributed by atoms with E-state index in [4.69, 9.17) is 11.6 Å². The molecule has 3 nitrogen and oxygen atoms in total. The van der Waals surface area contributed by atoms with Gasteiger partial charge in [-0.2, -0.15) is 0 Å². The maximum absolute atomic E-state index is 13.4. The van der Waals surface area contributed by atoms with Crippen molar-refractivity contribution in [3.8, 4) is 0 Å². The zero-order valence-corrected chi connectivity index (χ0v) is 10.2. The normalized spacial score (nSPS) is 10.5. The van der Waals surface area contributed by atoms with E-state index >= 15 is 0 Å². The van der Waals surface area contributed by atoms with Gasteiger partial charge in [-0.3, -0.25) is 0 Å². The van der Waals surface area contributed by atoms with E-state index in [1.807, 2.05) is 17.7 Å². The summed E-state index contributed by atoms with van der Waals surface area (Å²) in [4.78, 5) is 4.20. The third-order valence-electron chi connectivity index (χ3n) is 2.51. The second-order valence-electron chi connectivity index (χ2n) is 3.61. The lowest BCUT2D eigenvalue weighted by atomic mass is 10.3. The summed E-state index contributed by atoms with van der Waals surface area (Å²) >= 11 is 5.81. The Balaban J connectivity index is 2.09. The van der Waals surface area contributed by atoms with E-state index < -0.39 is 0 Å². The number of benzene rings is 1. The zero-order chi connectivity index (χ0) is 12.3. The molecule has 0 aliphatic rings. The van der Waals surface area contributed by atoms with Crippen LogP contribution in [0.3, 0.4) is 0 Å². The summed E-state index contributed by atoms with van der Waals surface area (Å²) < 4.78 is 15.4. The molecule has 1 N–H and O–H groups in total. The highest BCUT2D eigenvalue weighted by molar-refractivity contribution is 6.30. The lowest BCUT2D eigenvalue weighted by Crippen LogP contribution is -2.08. The standard InChI is InChI=1S/C12H13ClFN3/c1-2-17-6-5-15-12(17)8-16-11-7-9(13)3-4-10(11)14/h3-7,16H,2,8H2,1H3. The van der Waals surface area contributed by atoms with Crippen molar-refractivity contribution in [3.05, 3.63) is 47.3 Å². The summed E-state index contributed by atoms with van der Waals surface area (Å²) in [6, 6.07) is 4.43. The van der Waals surface area contributed by atoms with E-state index in [2.05, 4.69) is 10.3 Å². The molecule has 0 fully saturated rings. The zero-order valence-electron chi connectivity index (χ0n) is 9.45. The average Bonchev–Trinajstić information content (AvgIpc) is 2.77. The predicted molar refractivity (Wildman–Crippen MR) is 66.6 cm³/mol. The molecule has 0 saturated carbocycles. The van der Waals surface area contributed by atoms with Crippen molar-refractivity contribution < 1.29 is 4.39 Å². The first-order valence-electron chi connectivity index (χ1n) is 5.39. The van der Waals surface area contributed by atoms with E-state index in [1.165, 1.54) is 12.1 Å². The second-order valence-corrected chi connectivity index (χ2v) is 4.04. The van der Waals surface area contributed by atoms with Gasteiger partial charge in [-0.15, -0.1) is 0 Å². The van der Waals surface area contributed by atoms with Crippen molar-refractivity contribution in [1.82, 2.24) is 9.55 Å². The fourth-order valence-electron chi connectivity index (χ4n) is 1.60. The molecule has 0 spiro atoms. The van der Waals surface area contributed by atoms with Gasteiger partial charge in [0.15, 0.2) is 0 Å². The van der Waals surface area contributed by atoms with Gasteiger partial charge in [0, 0.05) is 24.0 Å². The van der Waals surface area contributed by atoms with Gasteiger partial charge in [0.05, 0.1) is 12.2 Å². The Morgan fingerprint density at radius 2 is 2.29 bits per heavy atom. The number of aryl methyl sites for hydroxylation is 1. The highest BCUT2D eigenvalue weighted by Gasteiger charge is 2.05. The van der Waals surface area contributed by atoms with Crippen molar-refractivity contribution in [3.63, 3.8) is 0 Å². The minimum atomic E-state index is -0.316. The summed E-state index contributed by atoms with van der Waals surface area (Å²) in [6.07, 6.45) is 3.63. The van der Waals surface area contributed by atoms with Crippen LogP contribution in [-0.4, -0.2) is 9.55 Å². The van der Waals surface area contributed by atoms with Crippen molar-refractivity contribution >= 4 is 17.3 Å². The van der Waals surface area contributed by atoms with Crippen LogP contribution in [-0.2, 0) is 13.1 Å². The van der Waals surface area contributed by atoms with Crippen molar-refractivity contribution in [1.29, 1.82) is 0 Å². The third kappa shape index (κ3) is 2.77. The van der Waals surface area contributed by atoms with Crippen LogP contribution in [0.5, 0.6) is 0 Å². The van der Waals surface area contributed by atoms with Crippen LogP contribution in [0.15, 0.2) is 30.6 Å². The van der Waals surface area contributed by atoms with Gasteiger partial charge in [-0.25, -0.2) is 9.37 Å². The van der Waals surface area contributed by atoms with E-state index in [9.17, 15) is 4.39 Å². The SMILES string of the molecule is CCn1ccnc1CNc1cc(Cl)ccc1F. The Bertz CT molecular complexity index is 510. The van der Waals surface area contributed by atoms with Gasteiger partial charge in [0.1, 0.15) is 11.6 Å². The highest BCUT2D eigenvalue weighted by atomic mass is 35.5. The van der Waals surface area contributed by atoms with Gasteiger partial charge in [-0.1, -0.05) is 11.6 Å². The fraction of sp³-hybridized carbons (Fsp3) is 0.250. The highest BCUT2D eigenvalue weighted by Crippen LogP contribution is 2.19. The molecule has 17 heavy (non-hydrogen) atoms. The van der Waals surface area contributed by atoms with Gasteiger partial charge >= 0.3 is 0 Å². The van der Waals surface area contributed by atoms with Crippen LogP contribution in [0.4, 0.5) is 10.1 Å². The van der Waals surface area contributed by atoms with Gasteiger partial charge in [-0.05, 0) is 25.1 Å². The number of nitrogens with one attached hydrogen (secondary N) is 1. The Labute approximate surface area is 104 Å². The van der Waals surface area contributed by atoms with E-state index in [1.54, 1.807) is 12.3 Å². The Kier molecular flexibility index (Phi) is 3.64. The molecule has 0 bridgehead atoms. The molecule has 1 aromatic heterocycles. The largest absolute Gasteiger partial charge is 0.375 e. The van der Waals surface area contributed by atoms with Crippen LogP contribution in [0.2, 0.25) is 5.02 Å². The quantitative estimate of drug-likeness (QED) is 0.906. The molecule has 0 saturated heterocycles. The Hall–Kier alpha value is -1.55. The molecule has 2 rings (SSSR count). The average molecular weight is 254 g/mol. The number of aromatic nitrogens is 2. The smallest absolute Gasteiger partial charge is 0.146 e. The Morgan fingerprint density at radius 1 is 1.47 bits per heavy atom. The summed E-state index contributed by atoms with van der Waals surface area (Å²) in [5.74, 6) is 0.552. The number of hydrogen-bond acceptors (Lipinski definition) is 2. The summed E-state index contributed by atoms with van der Waals surface area (Å²) in [5.41, 5.74) is 0.392. The van der Waals surface area contributed by atoms with Gasteiger partial charge in [0.25, 0.3) is 0 Å². The van der Waals surface area contributed by atoms with Gasteiger partial charge < -0.3 is 9.88 Å². The maximum Gasteiger partial charge on any atom is 0.146 e. The first-order chi connectivity index (χ1) is 8.20. The molecular formula is C12H13ClFN3. The fourth-order valence-corrected chi connectivity index (χ4v) is 1.77. The predicted octanol–water partition coefficient (Wildman–Crippen LogP) is 3.31. The molecule has 2 aromatic rings. The number of halogens is 2. The monoisotopic (exact) mass is 253 g/mol. The second kappa shape index (κ2) is 5.19. The maximum atomic E-state index is 13.4. The van der Waals surface area contributed by atoms with Crippen molar-refractivity contribution in [2.24, 2.45) is 0 Å².